The molecular weight excluding hydrogens is 366 g/mol. The highest BCUT2D eigenvalue weighted by Crippen LogP contribution is 2.25. The van der Waals surface area contributed by atoms with E-state index in [2.05, 4.69) is 5.32 Å². The summed E-state index contributed by atoms with van der Waals surface area (Å²) >= 11 is 7.74. The highest BCUT2D eigenvalue weighted by Gasteiger charge is 2.10. The number of anilines is 1. The summed E-state index contributed by atoms with van der Waals surface area (Å²) in [6.45, 7) is 0.347. The van der Waals surface area contributed by atoms with Crippen molar-refractivity contribution < 1.29 is 9.53 Å². The first kappa shape index (κ1) is 18.4. The second kappa shape index (κ2) is 8.79. The topological polar surface area (TPSA) is 38.3 Å². The largest absolute Gasteiger partial charge is 0.489 e. The van der Waals surface area contributed by atoms with E-state index in [1.54, 1.807) is 30.0 Å². The van der Waals surface area contributed by atoms with Crippen molar-refractivity contribution in [2.45, 2.75) is 11.5 Å². The van der Waals surface area contributed by atoms with Gasteiger partial charge in [0.15, 0.2) is 0 Å². The summed E-state index contributed by atoms with van der Waals surface area (Å²) in [6, 6.07) is 22.4. The van der Waals surface area contributed by atoms with Gasteiger partial charge in [0.1, 0.15) is 12.4 Å². The van der Waals surface area contributed by atoms with Crippen LogP contribution in [0.1, 0.15) is 15.9 Å². The third kappa shape index (κ3) is 4.59. The lowest BCUT2D eigenvalue weighted by Gasteiger charge is -2.11. The molecule has 1 amide bonds. The summed E-state index contributed by atoms with van der Waals surface area (Å²) in [5.41, 5.74) is 2.24. The molecule has 0 saturated heterocycles. The van der Waals surface area contributed by atoms with Crippen molar-refractivity contribution in [1.82, 2.24) is 0 Å². The van der Waals surface area contributed by atoms with E-state index in [4.69, 9.17) is 16.3 Å². The van der Waals surface area contributed by atoms with Crippen molar-refractivity contribution in [2.75, 3.05) is 11.6 Å². The Morgan fingerprint density at radius 1 is 1.04 bits per heavy atom. The molecule has 0 fully saturated rings. The summed E-state index contributed by atoms with van der Waals surface area (Å²) in [5, 5.41) is 3.61. The summed E-state index contributed by atoms with van der Waals surface area (Å²) in [4.78, 5) is 13.6. The highest BCUT2D eigenvalue weighted by atomic mass is 35.5. The fourth-order valence-electron chi connectivity index (χ4n) is 2.45. The number of para-hydroxylation sites is 1. The summed E-state index contributed by atoms with van der Waals surface area (Å²) in [6.07, 6.45) is 1.98. The van der Waals surface area contributed by atoms with E-state index in [1.807, 2.05) is 60.9 Å². The van der Waals surface area contributed by atoms with Gasteiger partial charge >= 0.3 is 0 Å². The van der Waals surface area contributed by atoms with Gasteiger partial charge in [-0.3, -0.25) is 4.79 Å². The van der Waals surface area contributed by atoms with E-state index >= 15 is 0 Å². The van der Waals surface area contributed by atoms with Crippen LogP contribution in [-0.2, 0) is 6.61 Å². The highest BCUT2D eigenvalue weighted by molar-refractivity contribution is 7.98. The molecule has 0 aromatic heterocycles. The van der Waals surface area contributed by atoms with Crippen LogP contribution in [0.15, 0.2) is 77.7 Å². The van der Waals surface area contributed by atoms with Crippen LogP contribution in [0.4, 0.5) is 5.69 Å². The fourth-order valence-corrected chi connectivity index (χ4v) is 3.19. The van der Waals surface area contributed by atoms with Crippen LogP contribution in [0.25, 0.3) is 0 Å². The molecule has 3 rings (SSSR count). The van der Waals surface area contributed by atoms with Crippen LogP contribution < -0.4 is 10.1 Å². The van der Waals surface area contributed by atoms with Crippen LogP contribution in [0.3, 0.4) is 0 Å². The van der Waals surface area contributed by atoms with E-state index in [-0.39, 0.29) is 5.91 Å². The first-order valence-electron chi connectivity index (χ1n) is 8.08. The van der Waals surface area contributed by atoms with E-state index in [1.165, 1.54) is 0 Å². The minimum absolute atomic E-state index is 0.172. The van der Waals surface area contributed by atoms with Crippen LogP contribution in [0, 0.1) is 0 Å². The molecule has 0 unspecified atom stereocenters. The molecule has 3 nitrogen and oxygen atoms in total. The number of nitrogens with one attached hydrogen (secondary N) is 1. The summed E-state index contributed by atoms with van der Waals surface area (Å²) < 4.78 is 5.79. The van der Waals surface area contributed by atoms with Crippen LogP contribution in [0.2, 0.25) is 5.02 Å². The van der Waals surface area contributed by atoms with Gasteiger partial charge in [0.05, 0.1) is 5.69 Å². The number of thioether (sulfide) groups is 1. The molecule has 0 bridgehead atoms. The van der Waals surface area contributed by atoms with E-state index < -0.39 is 0 Å². The first-order valence-corrected chi connectivity index (χ1v) is 9.68. The molecule has 3 aromatic carbocycles. The number of carbonyl (C=O) groups is 1. The number of benzene rings is 3. The van der Waals surface area contributed by atoms with Gasteiger partial charge in [0.25, 0.3) is 5.91 Å². The zero-order chi connectivity index (χ0) is 18.4. The molecule has 0 radical (unpaired) electrons. The SMILES string of the molecule is CSc1ccccc1NC(=O)c1cccc(OCc2ccccc2Cl)c1. The quantitative estimate of drug-likeness (QED) is 0.539. The fraction of sp³-hybridized carbons (Fsp3) is 0.0952. The Labute approximate surface area is 162 Å². The van der Waals surface area contributed by atoms with Gasteiger partial charge < -0.3 is 10.1 Å². The van der Waals surface area contributed by atoms with Crippen LogP contribution in [-0.4, -0.2) is 12.2 Å². The zero-order valence-corrected chi connectivity index (χ0v) is 15.8. The lowest BCUT2D eigenvalue weighted by molar-refractivity contribution is 0.102. The third-order valence-corrected chi connectivity index (χ3v) is 4.97. The Hall–Kier alpha value is -2.43. The zero-order valence-electron chi connectivity index (χ0n) is 14.2. The molecule has 0 aliphatic rings. The average Bonchev–Trinajstić information content (AvgIpc) is 2.68. The van der Waals surface area contributed by atoms with Crippen molar-refractivity contribution in [3.63, 3.8) is 0 Å². The number of hydrogen-bond acceptors (Lipinski definition) is 3. The normalized spacial score (nSPS) is 10.4. The Morgan fingerprint density at radius 3 is 2.62 bits per heavy atom. The third-order valence-electron chi connectivity index (χ3n) is 3.80. The molecule has 26 heavy (non-hydrogen) atoms. The van der Waals surface area contributed by atoms with Gasteiger partial charge in [0.2, 0.25) is 0 Å². The Bertz CT molecular complexity index is 914. The Morgan fingerprint density at radius 2 is 1.81 bits per heavy atom. The smallest absolute Gasteiger partial charge is 0.255 e. The number of carbonyl (C=O) groups excluding carboxylic acids is 1. The molecule has 5 heteroatoms. The van der Waals surface area contributed by atoms with Crippen LogP contribution >= 0.6 is 23.4 Å². The van der Waals surface area contributed by atoms with E-state index in [9.17, 15) is 4.79 Å². The molecule has 0 aliphatic heterocycles. The second-order valence-electron chi connectivity index (χ2n) is 5.56. The molecule has 0 aliphatic carbocycles. The van der Waals surface area contributed by atoms with Crippen molar-refractivity contribution in [3.8, 4) is 5.75 Å². The maximum atomic E-state index is 12.6. The molecule has 0 heterocycles. The van der Waals surface area contributed by atoms with Crippen molar-refractivity contribution in [1.29, 1.82) is 0 Å². The maximum absolute atomic E-state index is 12.6. The van der Waals surface area contributed by atoms with Gasteiger partial charge in [-0.05, 0) is 42.7 Å². The minimum Gasteiger partial charge on any atom is -0.489 e. The number of ether oxygens (including phenoxy) is 1. The summed E-state index contributed by atoms with van der Waals surface area (Å²) in [5.74, 6) is 0.449. The monoisotopic (exact) mass is 383 g/mol. The number of rotatable bonds is 6. The minimum atomic E-state index is -0.172. The predicted molar refractivity (Wildman–Crippen MR) is 108 cm³/mol. The predicted octanol–water partition coefficient (Wildman–Crippen LogP) is 5.89. The lowest BCUT2D eigenvalue weighted by Crippen LogP contribution is -2.12. The Kier molecular flexibility index (Phi) is 6.21. The molecule has 0 spiro atoms. The van der Waals surface area contributed by atoms with Crippen molar-refractivity contribution in [3.05, 3.63) is 88.9 Å². The van der Waals surface area contributed by atoms with Gasteiger partial charge in [-0.2, -0.15) is 0 Å². The average molecular weight is 384 g/mol. The maximum Gasteiger partial charge on any atom is 0.255 e. The van der Waals surface area contributed by atoms with Gasteiger partial charge in [-0.1, -0.05) is 48.0 Å². The van der Waals surface area contributed by atoms with E-state index in [0.29, 0.717) is 22.9 Å². The molecule has 0 saturated carbocycles. The lowest BCUT2D eigenvalue weighted by atomic mass is 10.2. The molecule has 0 atom stereocenters. The van der Waals surface area contributed by atoms with Crippen molar-refractivity contribution in [2.24, 2.45) is 0 Å². The molecule has 3 aromatic rings. The van der Waals surface area contributed by atoms with Gasteiger partial charge in [0, 0.05) is 21.0 Å². The second-order valence-corrected chi connectivity index (χ2v) is 6.82. The molecule has 1 N–H and O–H groups in total. The summed E-state index contributed by atoms with van der Waals surface area (Å²) in [7, 11) is 0. The number of hydrogen-bond donors (Lipinski definition) is 1. The Balaban J connectivity index is 1.70. The van der Waals surface area contributed by atoms with E-state index in [0.717, 1.165) is 16.1 Å². The van der Waals surface area contributed by atoms with Crippen LogP contribution in [0.5, 0.6) is 5.75 Å². The molecular formula is C21H18ClNO2S. The first-order chi connectivity index (χ1) is 12.7. The van der Waals surface area contributed by atoms with Gasteiger partial charge in [-0.15, -0.1) is 11.8 Å². The number of amides is 1. The standard InChI is InChI=1S/C21H18ClNO2S/c1-26-20-12-5-4-11-19(20)23-21(24)15-8-6-9-17(13-15)25-14-16-7-2-3-10-18(16)22/h2-13H,14H2,1H3,(H,23,24). The van der Waals surface area contributed by atoms with Crippen molar-refractivity contribution >= 4 is 35.0 Å². The molecule has 132 valence electrons. The van der Waals surface area contributed by atoms with Gasteiger partial charge in [-0.25, -0.2) is 0 Å². The number of halogens is 1.